The lowest BCUT2D eigenvalue weighted by molar-refractivity contribution is 0.257. The second kappa shape index (κ2) is 6.25. The molecule has 3 nitrogen and oxygen atoms in total. The quantitative estimate of drug-likeness (QED) is 0.756. The molecule has 0 amide bonds. The van der Waals surface area contributed by atoms with Gasteiger partial charge in [-0.05, 0) is 31.4 Å². The maximum atomic E-state index is 12.4. The summed E-state index contributed by atoms with van der Waals surface area (Å²) in [4.78, 5) is 0. The molecule has 0 radical (unpaired) electrons. The highest BCUT2D eigenvalue weighted by Crippen LogP contribution is 2.22. The molecule has 108 valence electrons. The van der Waals surface area contributed by atoms with Gasteiger partial charge in [-0.3, -0.25) is 0 Å². The van der Waals surface area contributed by atoms with Crippen LogP contribution in [0.25, 0.3) is 0 Å². The van der Waals surface area contributed by atoms with E-state index in [1.807, 2.05) is 45.0 Å². The molecule has 0 heterocycles. The largest absolute Gasteiger partial charge is 0.218 e. The fourth-order valence-corrected chi connectivity index (χ4v) is 3.50. The second-order valence-corrected chi connectivity index (χ2v) is 7.61. The van der Waals surface area contributed by atoms with Crippen LogP contribution >= 0.6 is 11.6 Å². The van der Waals surface area contributed by atoms with Crippen LogP contribution < -0.4 is 0 Å². The Labute approximate surface area is 121 Å². The van der Waals surface area contributed by atoms with Gasteiger partial charge in [0.25, 0.3) is 0 Å². The van der Waals surface area contributed by atoms with E-state index in [1.165, 1.54) is 4.31 Å². The van der Waals surface area contributed by atoms with E-state index >= 15 is 0 Å². The van der Waals surface area contributed by atoms with Gasteiger partial charge in [0, 0.05) is 18.5 Å². The van der Waals surface area contributed by atoms with E-state index in [0.29, 0.717) is 5.88 Å². The molecule has 1 rings (SSSR count). The minimum absolute atomic E-state index is 0.0233. The van der Waals surface area contributed by atoms with Crippen LogP contribution in [0.3, 0.4) is 0 Å². The van der Waals surface area contributed by atoms with E-state index in [4.69, 9.17) is 11.6 Å². The Balaban J connectivity index is 2.90. The number of halogens is 1. The first-order valence-corrected chi connectivity index (χ1v) is 8.48. The van der Waals surface area contributed by atoms with Crippen molar-refractivity contribution in [1.29, 1.82) is 0 Å². The molecule has 5 heteroatoms. The van der Waals surface area contributed by atoms with E-state index in [0.717, 1.165) is 17.5 Å². The predicted octanol–water partition coefficient (Wildman–Crippen LogP) is 3.38. The Bertz CT molecular complexity index is 509. The molecule has 0 aromatic heterocycles. The average Bonchev–Trinajstić information content (AvgIpc) is 2.38. The number of rotatable bonds is 6. The highest BCUT2D eigenvalue weighted by molar-refractivity contribution is 7.88. The molecule has 1 aromatic rings. The fraction of sp³-hybridized carbons (Fsp3) is 0.571. The molecule has 0 fully saturated rings. The van der Waals surface area contributed by atoms with Crippen molar-refractivity contribution < 1.29 is 8.42 Å². The first kappa shape index (κ1) is 16.5. The highest BCUT2D eigenvalue weighted by atomic mass is 35.5. The summed E-state index contributed by atoms with van der Waals surface area (Å²) in [6, 6.07) is 7.37. The smallest absolute Gasteiger partial charge is 0.212 e. The van der Waals surface area contributed by atoms with Gasteiger partial charge in [0.15, 0.2) is 0 Å². The van der Waals surface area contributed by atoms with Crippen molar-refractivity contribution in [3.8, 4) is 0 Å². The molecule has 0 N–H and O–H groups in total. The molecule has 19 heavy (non-hydrogen) atoms. The van der Waals surface area contributed by atoms with Crippen LogP contribution in [0.5, 0.6) is 0 Å². The maximum Gasteiger partial charge on any atom is 0.218 e. The average molecular weight is 304 g/mol. The molecule has 0 saturated carbocycles. The zero-order valence-corrected chi connectivity index (χ0v) is 13.6. The topological polar surface area (TPSA) is 37.4 Å². The minimum Gasteiger partial charge on any atom is -0.212 e. The highest BCUT2D eigenvalue weighted by Gasteiger charge is 2.31. The zero-order valence-electron chi connectivity index (χ0n) is 12.0. The van der Waals surface area contributed by atoms with Gasteiger partial charge in [-0.1, -0.05) is 31.2 Å². The molecular formula is C14H22ClNO2S. The number of hydrogen-bond acceptors (Lipinski definition) is 2. The van der Waals surface area contributed by atoms with Crippen molar-refractivity contribution in [2.45, 2.75) is 44.4 Å². The minimum atomic E-state index is -3.30. The van der Waals surface area contributed by atoms with Crippen molar-refractivity contribution in [3.05, 3.63) is 35.4 Å². The van der Waals surface area contributed by atoms with Crippen LogP contribution in [0.2, 0.25) is 0 Å². The van der Waals surface area contributed by atoms with Crippen molar-refractivity contribution in [2.24, 2.45) is 0 Å². The van der Waals surface area contributed by atoms with E-state index in [2.05, 4.69) is 0 Å². The monoisotopic (exact) mass is 303 g/mol. The fourth-order valence-electron chi connectivity index (χ4n) is 1.63. The summed E-state index contributed by atoms with van der Waals surface area (Å²) < 4.78 is 26.2. The van der Waals surface area contributed by atoms with Gasteiger partial charge in [-0.25, -0.2) is 8.42 Å². The molecule has 0 aliphatic carbocycles. The molecule has 0 unspecified atom stereocenters. The summed E-state index contributed by atoms with van der Waals surface area (Å²) in [6.07, 6.45) is 0.772. The van der Waals surface area contributed by atoms with Crippen LogP contribution in [0, 0.1) is 0 Å². The van der Waals surface area contributed by atoms with E-state index in [1.54, 1.807) is 7.05 Å². The van der Waals surface area contributed by atoms with Gasteiger partial charge in [-0.2, -0.15) is 4.31 Å². The van der Waals surface area contributed by atoms with Gasteiger partial charge >= 0.3 is 0 Å². The number of hydrogen-bond donors (Lipinski definition) is 0. The SMILES string of the molecule is CCC(C)(C)N(C)S(=O)(=O)Cc1ccc(CCl)cc1. The van der Waals surface area contributed by atoms with Crippen molar-refractivity contribution in [1.82, 2.24) is 4.31 Å². The van der Waals surface area contributed by atoms with Gasteiger partial charge in [0.2, 0.25) is 10.0 Å². The third kappa shape index (κ3) is 4.20. The third-order valence-electron chi connectivity index (χ3n) is 3.66. The summed E-state index contributed by atoms with van der Waals surface area (Å²) in [6.45, 7) is 5.85. The first-order chi connectivity index (χ1) is 8.73. The Morgan fingerprint density at radius 1 is 1.16 bits per heavy atom. The molecule has 0 bridgehead atoms. The van der Waals surface area contributed by atoms with Crippen LogP contribution in [0.1, 0.15) is 38.3 Å². The number of alkyl halides is 1. The number of nitrogens with zero attached hydrogens (tertiary/aromatic N) is 1. The van der Waals surface area contributed by atoms with Crippen molar-refractivity contribution in [2.75, 3.05) is 7.05 Å². The molecule has 0 aliphatic heterocycles. The van der Waals surface area contributed by atoms with Crippen molar-refractivity contribution >= 4 is 21.6 Å². The molecule has 0 atom stereocenters. The molecule has 1 aromatic carbocycles. The number of sulfonamides is 1. The lowest BCUT2D eigenvalue weighted by atomic mass is 10.0. The van der Waals surface area contributed by atoms with Gasteiger partial charge < -0.3 is 0 Å². The second-order valence-electron chi connectivity index (χ2n) is 5.34. The lowest BCUT2D eigenvalue weighted by Crippen LogP contribution is -2.44. The third-order valence-corrected chi connectivity index (χ3v) is 6.00. The predicted molar refractivity (Wildman–Crippen MR) is 80.8 cm³/mol. The number of benzene rings is 1. The standard InChI is InChI=1S/C14H22ClNO2S/c1-5-14(2,3)16(4)19(17,18)11-13-8-6-12(10-15)7-9-13/h6-9H,5,10-11H2,1-4H3. The summed E-state index contributed by atoms with van der Waals surface area (Å²) in [5.41, 5.74) is 1.41. The van der Waals surface area contributed by atoms with E-state index in [-0.39, 0.29) is 11.3 Å². The van der Waals surface area contributed by atoms with Crippen LogP contribution in [0.4, 0.5) is 0 Å². The summed E-state index contributed by atoms with van der Waals surface area (Å²) >= 11 is 5.71. The maximum absolute atomic E-state index is 12.4. The first-order valence-electron chi connectivity index (χ1n) is 6.33. The zero-order chi connectivity index (χ0) is 14.7. The van der Waals surface area contributed by atoms with Crippen LogP contribution in [-0.2, 0) is 21.7 Å². The summed E-state index contributed by atoms with van der Waals surface area (Å²) in [5, 5.41) is 0. The Hall–Kier alpha value is -0.580. The van der Waals surface area contributed by atoms with E-state index in [9.17, 15) is 8.42 Å². The van der Waals surface area contributed by atoms with E-state index < -0.39 is 10.0 Å². The van der Waals surface area contributed by atoms with Gasteiger partial charge in [-0.15, -0.1) is 11.6 Å². The van der Waals surface area contributed by atoms with Crippen LogP contribution in [-0.4, -0.2) is 25.3 Å². The molecule has 0 saturated heterocycles. The molecular weight excluding hydrogens is 282 g/mol. The van der Waals surface area contributed by atoms with Crippen LogP contribution in [0.15, 0.2) is 24.3 Å². The van der Waals surface area contributed by atoms with Crippen molar-refractivity contribution in [3.63, 3.8) is 0 Å². The van der Waals surface area contributed by atoms with Gasteiger partial charge in [0.1, 0.15) is 0 Å². The lowest BCUT2D eigenvalue weighted by Gasteiger charge is -2.33. The Kier molecular flexibility index (Phi) is 5.42. The molecule has 0 aliphatic rings. The molecule has 0 spiro atoms. The normalized spacial score (nSPS) is 12.9. The van der Waals surface area contributed by atoms with Gasteiger partial charge in [0.05, 0.1) is 5.75 Å². The summed E-state index contributed by atoms with van der Waals surface area (Å²) in [7, 11) is -1.66. The summed E-state index contributed by atoms with van der Waals surface area (Å²) in [5.74, 6) is 0.464. The Morgan fingerprint density at radius 2 is 1.63 bits per heavy atom. The Morgan fingerprint density at radius 3 is 2.05 bits per heavy atom.